The Balaban J connectivity index is 2.28. The summed E-state index contributed by atoms with van der Waals surface area (Å²) in [4.78, 5) is 21.2. The van der Waals surface area contributed by atoms with Gasteiger partial charge in [-0.05, 0) is 18.6 Å². The first-order chi connectivity index (χ1) is 8.47. The normalized spacial score (nSPS) is 18.6. The topological polar surface area (TPSA) is 84.3 Å². The molecule has 1 aromatic rings. The third-order valence-electron chi connectivity index (χ3n) is 2.81. The number of anilines is 1. The zero-order valence-corrected chi connectivity index (χ0v) is 9.70. The molecule has 1 aromatic carbocycles. The van der Waals surface area contributed by atoms with Crippen LogP contribution in [0.1, 0.15) is 12.0 Å². The molecule has 0 spiro atoms. The largest absolute Gasteiger partial charge is 0.374 e. The molecule has 1 saturated heterocycles. The molecule has 1 fully saturated rings. The standard InChI is InChI=1S/C11H12FN3O3/c1-6-2-9(10(15(17)18)4-8(6)12)14-7-3-11(16)13-5-7/h2,4,7,14H,3,5H2,1H3,(H,13,16). The van der Waals surface area contributed by atoms with Crippen molar-refractivity contribution in [1.29, 1.82) is 0 Å². The molecule has 1 heterocycles. The van der Waals surface area contributed by atoms with Gasteiger partial charge in [0.25, 0.3) is 5.69 Å². The molecular formula is C11H12FN3O3. The molecule has 96 valence electrons. The predicted octanol–water partition coefficient (Wildman–Crippen LogP) is 1.34. The molecule has 7 heteroatoms. The summed E-state index contributed by atoms with van der Waals surface area (Å²) >= 11 is 0. The predicted molar refractivity (Wildman–Crippen MR) is 62.8 cm³/mol. The Morgan fingerprint density at radius 2 is 2.28 bits per heavy atom. The van der Waals surface area contributed by atoms with E-state index in [9.17, 15) is 19.3 Å². The minimum atomic E-state index is -0.644. The second-order valence-electron chi connectivity index (χ2n) is 4.23. The maximum atomic E-state index is 13.3. The van der Waals surface area contributed by atoms with E-state index in [1.165, 1.54) is 13.0 Å². The Labute approximate surface area is 102 Å². The molecule has 2 rings (SSSR count). The Morgan fingerprint density at radius 1 is 1.56 bits per heavy atom. The third kappa shape index (κ3) is 2.39. The van der Waals surface area contributed by atoms with E-state index in [4.69, 9.17) is 0 Å². The lowest BCUT2D eigenvalue weighted by atomic mass is 10.1. The molecule has 0 bridgehead atoms. The Kier molecular flexibility index (Phi) is 3.14. The van der Waals surface area contributed by atoms with Gasteiger partial charge in [0.05, 0.1) is 17.0 Å². The third-order valence-corrected chi connectivity index (χ3v) is 2.81. The lowest BCUT2D eigenvalue weighted by molar-refractivity contribution is -0.384. The van der Waals surface area contributed by atoms with Crippen LogP contribution in [0, 0.1) is 22.9 Å². The van der Waals surface area contributed by atoms with Gasteiger partial charge in [-0.3, -0.25) is 14.9 Å². The van der Waals surface area contributed by atoms with Gasteiger partial charge in [-0.25, -0.2) is 4.39 Å². The minimum Gasteiger partial charge on any atom is -0.374 e. The van der Waals surface area contributed by atoms with Gasteiger partial charge in [0.2, 0.25) is 5.91 Å². The average Bonchev–Trinajstić information content (AvgIpc) is 2.68. The summed E-state index contributed by atoms with van der Waals surface area (Å²) in [5, 5.41) is 16.4. The molecule has 6 nitrogen and oxygen atoms in total. The van der Waals surface area contributed by atoms with Gasteiger partial charge in [-0.1, -0.05) is 0 Å². The van der Waals surface area contributed by atoms with Crippen molar-refractivity contribution in [1.82, 2.24) is 5.32 Å². The molecule has 0 saturated carbocycles. The van der Waals surface area contributed by atoms with E-state index in [0.29, 0.717) is 12.1 Å². The number of aryl methyl sites for hydroxylation is 1. The van der Waals surface area contributed by atoms with E-state index in [1.54, 1.807) is 0 Å². The van der Waals surface area contributed by atoms with Crippen molar-refractivity contribution in [3.8, 4) is 0 Å². The van der Waals surface area contributed by atoms with Gasteiger partial charge >= 0.3 is 0 Å². The van der Waals surface area contributed by atoms with Crippen LogP contribution in [-0.4, -0.2) is 23.4 Å². The van der Waals surface area contributed by atoms with Crippen LogP contribution in [0.4, 0.5) is 15.8 Å². The molecular weight excluding hydrogens is 241 g/mol. The van der Waals surface area contributed by atoms with E-state index in [2.05, 4.69) is 10.6 Å². The van der Waals surface area contributed by atoms with Crippen LogP contribution >= 0.6 is 0 Å². The van der Waals surface area contributed by atoms with Gasteiger partial charge in [0, 0.05) is 13.0 Å². The van der Waals surface area contributed by atoms with E-state index >= 15 is 0 Å². The van der Waals surface area contributed by atoms with Gasteiger partial charge in [0.1, 0.15) is 11.5 Å². The molecule has 0 aromatic heterocycles. The fourth-order valence-electron chi connectivity index (χ4n) is 1.86. The van der Waals surface area contributed by atoms with E-state index in [-0.39, 0.29) is 29.7 Å². The molecule has 1 unspecified atom stereocenters. The lowest BCUT2D eigenvalue weighted by Gasteiger charge is -2.13. The zero-order valence-electron chi connectivity index (χ0n) is 9.70. The number of nitro benzene ring substituents is 1. The molecule has 18 heavy (non-hydrogen) atoms. The van der Waals surface area contributed by atoms with Crippen LogP contribution in [0.5, 0.6) is 0 Å². The summed E-state index contributed by atoms with van der Waals surface area (Å²) in [7, 11) is 0. The SMILES string of the molecule is Cc1cc(NC2CNC(=O)C2)c([N+](=O)[O-])cc1F. The Hall–Kier alpha value is -2.18. The first-order valence-electron chi connectivity index (χ1n) is 5.45. The van der Waals surface area contributed by atoms with E-state index in [0.717, 1.165) is 6.07 Å². The number of benzene rings is 1. The summed E-state index contributed by atoms with van der Waals surface area (Å²) in [5.74, 6) is -0.720. The molecule has 0 aliphatic carbocycles. The number of nitrogens with one attached hydrogen (secondary N) is 2. The van der Waals surface area contributed by atoms with Crippen LogP contribution in [0.3, 0.4) is 0 Å². The fourth-order valence-corrected chi connectivity index (χ4v) is 1.86. The number of carbonyl (C=O) groups is 1. The molecule has 0 radical (unpaired) electrons. The smallest absolute Gasteiger partial charge is 0.295 e. The lowest BCUT2D eigenvalue weighted by Crippen LogP contribution is -2.22. The van der Waals surface area contributed by atoms with Crippen molar-refractivity contribution in [2.75, 3.05) is 11.9 Å². The first kappa shape index (κ1) is 12.3. The zero-order chi connectivity index (χ0) is 13.3. The summed E-state index contributed by atoms with van der Waals surface area (Å²) in [5.41, 5.74) is 0.234. The quantitative estimate of drug-likeness (QED) is 0.629. The number of hydrogen-bond donors (Lipinski definition) is 2. The maximum absolute atomic E-state index is 13.3. The average molecular weight is 253 g/mol. The van der Waals surface area contributed by atoms with Crippen molar-refractivity contribution in [3.63, 3.8) is 0 Å². The van der Waals surface area contributed by atoms with Gasteiger partial charge in [-0.2, -0.15) is 0 Å². The van der Waals surface area contributed by atoms with Crippen molar-refractivity contribution in [3.05, 3.63) is 33.6 Å². The second-order valence-corrected chi connectivity index (χ2v) is 4.23. The van der Waals surface area contributed by atoms with Crippen LogP contribution in [0.25, 0.3) is 0 Å². The number of nitro groups is 1. The number of amides is 1. The van der Waals surface area contributed by atoms with Crippen molar-refractivity contribution < 1.29 is 14.1 Å². The highest BCUT2D eigenvalue weighted by molar-refractivity contribution is 5.80. The summed E-state index contributed by atoms with van der Waals surface area (Å²) in [6.45, 7) is 1.94. The molecule has 2 N–H and O–H groups in total. The number of hydrogen-bond acceptors (Lipinski definition) is 4. The minimum absolute atomic E-state index is 0.103. The highest BCUT2D eigenvalue weighted by Gasteiger charge is 2.25. The van der Waals surface area contributed by atoms with Crippen molar-refractivity contribution in [2.24, 2.45) is 0 Å². The number of nitrogens with zero attached hydrogens (tertiary/aromatic N) is 1. The highest BCUT2D eigenvalue weighted by atomic mass is 19.1. The summed E-state index contributed by atoms with van der Waals surface area (Å²) in [6.07, 6.45) is 0.258. The number of carbonyl (C=O) groups excluding carboxylic acids is 1. The first-order valence-corrected chi connectivity index (χ1v) is 5.45. The van der Waals surface area contributed by atoms with Crippen LogP contribution in [0.2, 0.25) is 0 Å². The Morgan fingerprint density at radius 3 is 2.83 bits per heavy atom. The van der Waals surface area contributed by atoms with Crippen molar-refractivity contribution in [2.45, 2.75) is 19.4 Å². The fraction of sp³-hybridized carbons (Fsp3) is 0.364. The van der Waals surface area contributed by atoms with Crippen molar-refractivity contribution >= 4 is 17.3 Å². The molecule has 1 atom stereocenters. The van der Waals surface area contributed by atoms with E-state index < -0.39 is 10.7 Å². The monoisotopic (exact) mass is 253 g/mol. The summed E-state index contributed by atoms with van der Waals surface area (Å²) in [6, 6.07) is 2.07. The molecule has 1 aliphatic heterocycles. The van der Waals surface area contributed by atoms with Gasteiger partial charge < -0.3 is 10.6 Å². The maximum Gasteiger partial charge on any atom is 0.295 e. The van der Waals surface area contributed by atoms with Gasteiger partial charge in [0.15, 0.2) is 0 Å². The highest BCUT2D eigenvalue weighted by Crippen LogP contribution is 2.28. The van der Waals surface area contributed by atoms with E-state index in [1.807, 2.05) is 0 Å². The van der Waals surface area contributed by atoms with Crippen LogP contribution < -0.4 is 10.6 Å². The van der Waals surface area contributed by atoms with Gasteiger partial charge in [-0.15, -0.1) is 0 Å². The Bertz CT molecular complexity index is 519. The van der Waals surface area contributed by atoms with Crippen LogP contribution in [-0.2, 0) is 4.79 Å². The number of rotatable bonds is 3. The van der Waals surface area contributed by atoms with Crippen LogP contribution in [0.15, 0.2) is 12.1 Å². The summed E-state index contributed by atoms with van der Waals surface area (Å²) < 4.78 is 13.3. The number of halogens is 1. The second kappa shape index (κ2) is 4.59. The molecule has 1 aliphatic rings. The molecule has 1 amide bonds.